The first-order valence-corrected chi connectivity index (χ1v) is 6.28. The summed E-state index contributed by atoms with van der Waals surface area (Å²) in [5, 5.41) is 0. The average Bonchev–Trinajstić information content (AvgIpc) is 1.74. The summed E-state index contributed by atoms with van der Waals surface area (Å²) >= 11 is 0. The van der Waals surface area contributed by atoms with E-state index in [-0.39, 0.29) is 0 Å². The Kier molecular flexibility index (Phi) is 4.44. The molecule has 0 aliphatic rings. The van der Waals surface area contributed by atoms with Crippen molar-refractivity contribution in [3.05, 3.63) is 5.53 Å². The number of hydrogen-bond donors (Lipinski definition) is 0. The molecule has 0 aromatic rings. The normalized spacial score (nSPS) is 13.5. The molecule has 0 spiro atoms. The van der Waals surface area contributed by atoms with Crippen LogP contribution in [0.1, 0.15) is 41.5 Å². The Labute approximate surface area is 90.9 Å². The van der Waals surface area contributed by atoms with E-state index in [2.05, 4.69) is 4.79 Å². The molecule has 0 N–H and O–H groups in total. The molecule has 0 aromatic heterocycles. The first-order chi connectivity index (χ1) is 6.47. The minimum Gasteiger partial charge on any atom is -0.361 e. The zero-order valence-corrected chi connectivity index (χ0v) is 11.0. The lowest BCUT2D eigenvalue weighted by molar-refractivity contribution is -0.00238. The molecule has 0 aliphatic heterocycles. The Hall–Kier alpha value is -0.470. The van der Waals surface area contributed by atoms with Crippen molar-refractivity contribution in [3.63, 3.8) is 0 Å². The summed E-state index contributed by atoms with van der Waals surface area (Å²) < 4.78 is 22.6. The largest absolute Gasteiger partial charge is 0.435 e. The molecule has 0 unspecified atom stereocenters. The van der Waals surface area contributed by atoms with Gasteiger partial charge in [-0.2, -0.15) is 4.79 Å². The fourth-order valence-electron chi connectivity index (χ4n) is 0.892. The zero-order chi connectivity index (χ0) is 12.3. The van der Waals surface area contributed by atoms with E-state index in [0.717, 1.165) is 5.96 Å². The van der Waals surface area contributed by atoms with Crippen LogP contribution in [0.15, 0.2) is 0 Å². The van der Waals surface area contributed by atoms with Crippen LogP contribution in [0.5, 0.6) is 0 Å². The molecule has 0 rings (SSSR count). The highest BCUT2D eigenvalue weighted by Crippen LogP contribution is 2.51. The number of rotatable bonds is 3. The molecule has 0 radical (unpaired) electrons. The van der Waals surface area contributed by atoms with Gasteiger partial charge in [0.2, 0.25) is 0 Å². The summed E-state index contributed by atoms with van der Waals surface area (Å²) in [6.45, 7) is 10.5. The van der Waals surface area contributed by atoms with Gasteiger partial charge in [0.1, 0.15) is 0 Å². The molecule has 88 valence electrons. The van der Waals surface area contributed by atoms with Gasteiger partial charge in [0.25, 0.3) is 0 Å². The lowest BCUT2D eigenvalue weighted by Gasteiger charge is -2.27. The fraction of sp³-hybridized carbons (Fsp3) is 0.889. The minimum absolute atomic E-state index is 0.637. The quantitative estimate of drug-likeness (QED) is 0.326. The molecule has 6 heteroatoms. The molecule has 0 aromatic carbocycles. The van der Waals surface area contributed by atoms with E-state index in [1.807, 2.05) is 0 Å². The van der Waals surface area contributed by atoms with Gasteiger partial charge in [-0.15, -0.1) is 0 Å². The van der Waals surface area contributed by atoms with Crippen molar-refractivity contribution in [2.24, 2.45) is 0 Å². The van der Waals surface area contributed by atoms with E-state index in [1.54, 1.807) is 41.5 Å². The van der Waals surface area contributed by atoms with Gasteiger partial charge in [-0.3, -0.25) is 9.05 Å². The molecule has 0 saturated heterocycles. The first-order valence-electron chi connectivity index (χ1n) is 4.67. The zero-order valence-electron chi connectivity index (χ0n) is 10.1. The van der Waals surface area contributed by atoms with Crippen molar-refractivity contribution in [3.8, 4) is 0 Å². The Morgan fingerprint density at radius 1 is 1.07 bits per heavy atom. The molecule has 0 bridgehead atoms. The SMILES string of the molecule is CC(C)(C)OP(=O)(C=[N+]=[N-])OC(C)(C)C. The standard InChI is InChI=1S/C9H19N2O3P/c1-8(2,3)13-15(12,7-11-10)14-9(4,5)6/h7H,1-6H3. The molecule has 0 aliphatic carbocycles. The van der Waals surface area contributed by atoms with Crippen LogP contribution in [0.2, 0.25) is 0 Å². The summed E-state index contributed by atoms with van der Waals surface area (Å²) in [7, 11) is -3.50. The average molecular weight is 234 g/mol. The van der Waals surface area contributed by atoms with Gasteiger partial charge in [0.15, 0.2) is 0 Å². The van der Waals surface area contributed by atoms with Crippen LogP contribution in [-0.4, -0.2) is 21.9 Å². The lowest BCUT2D eigenvalue weighted by Crippen LogP contribution is -2.24. The minimum atomic E-state index is -3.50. The van der Waals surface area contributed by atoms with Crippen LogP contribution in [0.3, 0.4) is 0 Å². The van der Waals surface area contributed by atoms with Crippen LogP contribution < -0.4 is 0 Å². The van der Waals surface area contributed by atoms with Crippen LogP contribution >= 0.6 is 7.60 Å². The molecule has 0 amide bonds. The molecule has 0 fully saturated rings. The van der Waals surface area contributed by atoms with Crippen molar-refractivity contribution >= 4 is 13.6 Å². The van der Waals surface area contributed by atoms with E-state index < -0.39 is 18.8 Å². The smallest absolute Gasteiger partial charge is 0.361 e. The highest BCUT2D eigenvalue weighted by atomic mass is 31.2. The Bertz CT molecular complexity index is 288. The summed E-state index contributed by atoms with van der Waals surface area (Å²) in [5.74, 6) is 0.809. The highest BCUT2D eigenvalue weighted by Gasteiger charge is 2.37. The summed E-state index contributed by atoms with van der Waals surface area (Å²) in [6, 6.07) is 0. The van der Waals surface area contributed by atoms with Gasteiger partial charge >= 0.3 is 13.6 Å². The van der Waals surface area contributed by atoms with E-state index in [1.165, 1.54) is 0 Å². The van der Waals surface area contributed by atoms with Gasteiger partial charge in [-0.25, -0.2) is 4.57 Å². The summed E-state index contributed by atoms with van der Waals surface area (Å²) in [4.78, 5) is 2.74. The van der Waals surface area contributed by atoms with E-state index in [0.29, 0.717) is 0 Å². The highest BCUT2D eigenvalue weighted by molar-refractivity contribution is 7.69. The van der Waals surface area contributed by atoms with E-state index in [4.69, 9.17) is 14.6 Å². The predicted molar refractivity (Wildman–Crippen MR) is 59.0 cm³/mol. The van der Waals surface area contributed by atoms with Gasteiger partial charge < -0.3 is 5.53 Å². The monoisotopic (exact) mass is 234 g/mol. The third kappa shape index (κ3) is 7.46. The van der Waals surface area contributed by atoms with Gasteiger partial charge in [-0.05, 0) is 41.5 Å². The molecular weight excluding hydrogens is 215 g/mol. The summed E-state index contributed by atoms with van der Waals surface area (Å²) in [6.07, 6.45) is 0. The third-order valence-corrected chi connectivity index (χ3v) is 2.99. The van der Waals surface area contributed by atoms with Gasteiger partial charge in [0.05, 0.1) is 11.2 Å². The lowest BCUT2D eigenvalue weighted by atomic mass is 10.2. The molecular formula is C9H19N2O3P. The van der Waals surface area contributed by atoms with Crippen LogP contribution in [-0.2, 0) is 13.6 Å². The van der Waals surface area contributed by atoms with Crippen molar-refractivity contribution in [2.45, 2.75) is 52.7 Å². The maximum atomic E-state index is 12.1. The second kappa shape index (κ2) is 4.58. The first kappa shape index (κ1) is 14.5. The third-order valence-electron chi connectivity index (χ3n) is 0.995. The van der Waals surface area contributed by atoms with Crippen molar-refractivity contribution in [1.82, 2.24) is 0 Å². The van der Waals surface area contributed by atoms with Crippen molar-refractivity contribution in [1.29, 1.82) is 0 Å². The predicted octanol–water partition coefficient (Wildman–Crippen LogP) is 3.07. The molecule has 0 saturated carbocycles. The van der Waals surface area contributed by atoms with Gasteiger partial charge in [-0.1, -0.05) is 0 Å². The van der Waals surface area contributed by atoms with Crippen LogP contribution in [0, 0.1) is 0 Å². The number of nitrogens with zero attached hydrogens (tertiary/aromatic N) is 2. The van der Waals surface area contributed by atoms with E-state index >= 15 is 0 Å². The maximum absolute atomic E-state index is 12.1. The Morgan fingerprint density at radius 3 is 1.60 bits per heavy atom. The topological polar surface area (TPSA) is 71.9 Å². The van der Waals surface area contributed by atoms with Gasteiger partial charge in [0, 0.05) is 0 Å². The van der Waals surface area contributed by atoms with Crippen molar-refractivity contribution in [2.75, 3.05) is 0 Å². The second-order valence-electron chi connectivity index (χ2n) is 5.18. The molecule has 0 heterocycles. The summed E-state index contributed by atoms with van der Waals surface area (Å²) in [5.41, 5.74) is 7.16. The van der Waals surface area contributed by atoms with Crippen LogP contribution in [0.4, 0.5) is 0 Å². The maximum Gasteiger partial charge on any atom is 0.435 e. The van der Waals surface area contributed by atoms with Crippen LogP contribution in [0.25, 0.3) is 5.53 Å². The Morgan fingerprint density at radius 2 is 1.40 bits per heavy atom. The molecule has 15 heavy (non-hydrogen) atoms. The molecule has 5 nitrogen and oxygen atoms in total. The fourth-order valence-corrected chi connectivity index (χ4v) is 2.68. The number of hydrogen-bond acceptors (Lipinski definition) is 3. The second-order valence-corrected chi connectivity index (χ2v) is 6.85. The molecule has 0 atom stereocenters. The van der Waals surface area contributed by atoms with Crippen molar-refractivity contribution < 1.29 is 18.4 Å². The Balaban J connectivity index is 4.93. The van der Waals surface area contributed by atoms with E-state index in [9.17, 15) is 4.57 Å².